The molecule has 0 bridgehead atoms. The van der Waals surface area contributed by atoms with Crippen molar-refractivity contribution in [2.45, 2.75) is 5.38 Å². The van der Waals surface area contributed by atoms with E-state index in [4.69, 9.17) is 16.3 Å². The molecular weight excluding hydrogens is 420 g/mol. The van der Waals surface area contributed by atoms with Crippen LogP contribution in [0.5, 0.6) is 0 Å². The zero-order valence-corrected chi connectivity index (χ0v) is 13.7. The van der Waals surface area contributed by atoms with Crippen molar-refractivity contribution < 1.29 is 9.53 Å². The van der Waals surface area contributed by atoms with Gasteiger partial charge in [0.25, 0.3) is 5.91 Å². The number of carbonyl (C=O) groups is 1. The molecule has 1 atom stereocenters. The molecule has 0 aliphatic heterocycles. The minimum absolute atomic E-state index is 0.127. The first-order chi connectivity index (χ1) is 8.04. The normalized spacial score (nSPS) is 12.2. The van der Waals surface area contributed by atoms with Crippen LogP contribution >= 0.6 is 50.1 Å². The molecule has 0 fully saturated rings. The maximum absolute atomic E-state index is 11.9. The lowest BCUT2D eigenvalue weighted by Crippen LogP contribution is -2.32. The minimum Gasteiger partial charge on any atom is -0.383 e. The van der Waals surface area contributed by atoms with Gasteiger partial charge < -0.3 is 10.1 Å². The van der Waals surface area contributed by atoms with Crippen LogP contribution in [0.3, 0.4) is 0 Å². The SMILES string of the molecule is COCC(Cl)CNC(=O)c1cc(Br)ccc1I. The zero-order chi connectivity index (χ0) is 12.8. The van der Waals surface area contributed by atoms with Crippen LogP contribution in [0.25, 0.3) is 0 Å². The Kier molecular flexibility index (Phi) is 6.76. The van der Waals surface area contributed by atoms with Gasteiger partial charge in [0.2, 0.25) is 0 Å². The lowest BCUT2D eigenvalue weighted by molar-refractivity contribution is 0.0948. The number of carbonyl (C=O) groups excluding carboxylic acids is 1. The average Bonchev–Trinajstić information content (AvgIpc) is 2.29. The maximum atomic E-state index is 11.9. The number of hydrogen-bond donors (Lipinski definition) is 1. The van der Waals surface area contributed by atoms with Crippen molar-refractivity contribution in [2.24, 2.45) is 0 Å². The van der Waals surface area contributed by atoms with Crippen LogP contribution in [0, 0.1) is 3.57 Å². The van der Waals surface area contributed by atoms with Gasteiger partial charge in [0.15, 0.2) is 0 Å². The highest BCUT2D eigenvalue weighted by molar-refractivity contribution is 14.1. The van der Waals surface area contributed by atoms with Crippen molar-refractivity contribution in [3.05, 3.63) is 31.8 Å². The molecule has 0 aliphatic rings. The molecule has 1 rings (SSSR count). The van der Waals surface area contributed by atoms with E-state index in [9.17, 15) is 4.79 Å². The first kappa shape index (κ1) is 15.2. The summed E-state index contributed by atoms with van der Waals surface area (Å²) < 4.78 is 6.67. The highest BCUT2D eigenvalue weighted by atomic mass is 127. The molecule has 1 aromatic rings. The highest BCUT2D eigenvalue weighted by Crippen LogP contribution is 2.18. The predicted octanol–water partition coefficient (Wildman–Crippen LogP) is 3.04. The van der Waals surface area contributed by atoms with Crippen molar-refractivity contribution in [3.8, 4) is 0 Å². The van der Waals surface area contributed by atoms with Gasteiger partial charge in [-0.2, -0.15) is 0 Å². The number of methoxy groups -OCH3 is 1. The van der Waals surface area contributed by atoms with Gasteiger partial charge in [0, 0.05) is 21.7 Å². The first-order valence-corrected chi connectivity index (χ1v) is 7.21. The van der Waals surface area contributed by atoms with E-state index in [0.29, 0.717) is 18.7 Å². The van der Waals surface area contributed by atoms with Crippen LogP contribution in [0.1, 0.15) is 10.4 Å². The highest BCUT2D eigenvalue weighted by Gasteiger charge is 2.12. The van der Waals surface area contributed by atoms with Gasteiger partial charge in [-0.3, -0.25) is 4.79 Å². The Bertz CT molecular complexity index is 403. The summed E-state index contributed by atoms with van der Waals surface area (Å²) in [5, 5.41) is 2.56. The first-order valence-electron chi connectivity index (χ1n) is 4.91. The standard InChI is InChI=1S/C11H12BrClINO2/c1-17-6-8(13)5-15-11(16)9-4-7(12)2-3-10(9)14/h2-4,8H,5-6H2,1H3,(H,15,16). The third-order valence-corrected chi connectivity index (χ3v) is 3.72. The Hall–Kier alpha value is 0.150. The summed E-state index contributed by atoms with van der Waals surface area (Å²) in [5.74, 6) is -0.127. The molecule has 1 amide bonds. The van der Waals surface area contributed by atoms with Crippen molar-refractivity contribution >= 4 is 56.0 Å². The van der Waals surface area contributed by atoms with Crippen molar-refractivity contribution in [3.63, 3.8) is 0 Å². The van der Waals surface area contributed by atoms with Crippen molar-refractivity contribution in [2.75, 3.05) is 20.3 Å². The van der Waals surface area contributed by atoms with Crippen LogP contribution in [0.15, 0.2) is 22.7 Å². The summed E-state index contributed by atoms with van der Waals surface area (Å²) in [4.78, 5) is 11.9. The van der Waals surface area contributed by atoms with Crippen LogP contribution < -0.4 is 5.32 Å². The molecule has 1 aromatic carbocycles. The van der Waals surface area contributed by atoms with E-state index >= 15 is 0 Å². The molecule has 3 nitrogen and oxygen atoms in total. The average molecular weight is 432 g/mol. The summed E-state index contributed by atoms with van der Waals surface area (Å²) in [5.41, 5.74) is 0.640. The lowest BCUT2D eigenvalue weighted by Gasteiger charge is -2.11. The zero-order valence-electron chi connectivity index (χ0n) is 9.17. The van der Waals surface area contributed by atoms with E-state index in [0.717, 1.165) is 8.04 Å². The molecule has 0 spiro atoms. The number of rotatable bonds is 5. The van der Waals surface area contributed by atoms with Crippen LogP contribution in [0.4, 0.5) is 0 Å². The van der Waals surface area contributed by atoms with Gasteiger partial charge in [0.05, 0.1) is 17.5 Å². The Morgan fingerprint density at radius 1 is 1.65 bits per heavy atom. The van der Waals surface area contributed by atoms with E-state index in [2.05, 4.69) is 43.8 Å². The van der Waals surface area contributed by atoms with Gasteiger partial charge in [-0.1, -0.05) is 15.9 Å². The summed E-state index contributed by atoms with van der Waals surface area (Å²) in [6.45, 7) is 0.800. The van der Waals surface area contributed by atoms with E-state index in [1.807, 2.05) is 12.1 Å². The minimum atomic E-state index is -0.214. The fraction of sp³-hybridized carbons (Fsp3) is 0.364. The summed E-state index contributed by atoms with van der Waals surface area (Å²) in [6.07, 6.45) is 0. The van der Waals surface area contributed by atoms with Gasteiger partial charge in [-0.25, -0.2) is 0 Å². The summed E-state index contributed by atoms with van der Waals surface area (Å²) >= 11 is 11.4. The Morgan fingerprint density at radius 2 is 2.35 bits per heavy atom. The molecule has 6 heteroatoms. The van der Waals surface area contributed by atoms with Crippen molar-refractivity contribution in [1.82, 2.24) is 5.32 Å². The summed E-state index contributed by atoms with van der Waals surface area (Å²) in [7, 11) is 1.58. The third kappa shape index (κ3) is 5.11. The molecule has 17 heavy (non-hydrogen) atoms. The molecule has 0 aromatic heterocycles. The molecule has 0 saturated carbocycles. The number of amides is 1. The fourth-order valence-electron chi connectivity index (χ4n) is 1.21. The van der Waals surface area contributed by atoms with E-state index < -0.39 is 0 Å². The molecule has 0 radical (unpaired) electrons. The van der Waals surface area contributed by atoms with Crippen LogP contribution in [-0.4, -0.2) is 31.5 Å². The topological polar surface area (TPSA) is 38.3 Å². The maximum Gasteiger partial charge on any atom is 0.252 e. The molecule has 94 valence electrons. The lowest BCUT2D eigenvalue weighted by atomic mass is 10.2. The molecule has 0 saturated heterocycles. The van der Waals surface area contributed by atoms with Gasteiger partial charge >= 0.3 is 0 Å². The van der Waals surface area contributed by atoms with Gasteiger partial charge in [-0.05, 0) is 40.8 Å². The van der Waals surface area contributed by atoms with Gasteiger partial charge in [0.1, 0.15) is 0 Å². The largest absolute Gasteiger partial charge is 0.383 e. The fourth-order valence-corrected chi connectivity index (χ4v) is 2.35. The Morgan fingerprint density at radius 3 is 3.00 bits per heavy atom. The number of hydrogen-bond acceptors (Lipinski definition) is 2. The molecule has 0 aliphatic carbocycles. The molecule has 1 unspecified atom stereocenters. The predicted molar refractivity (Wildman–Crippen MR) is 80.7 cm³/mol. The number of ether oxygens (including phenoxy) is 1. The van der Waals surface area contributed by atoms with Crippen LogP contribution in [0.2, 0.25) is 0 Å². The number of alkyl halides is 1. The molecule has 1 N–H and O–H groups in total. The Labute approximate surface area is 128 Å². The number of nitrogens with one attached hydrogen (secondary N) is 1. The van der Waals surface area contributed by atoms with Gasteiger partial charge in [-0.15, -0.1) is 11.6 Å². The van der Waals surface area contributed by atoms with Crippen molar-refractivity contribution in [1.29, 1.82) is 0 Å². The number of halogens is 3. The second-order valence-electron chi connectivity index (χ2n) is 3.39. The van der Waals surface area contributed by atoms with E-state index in [-0.39, 0.29) is 11.3 Å². The second kappa shape index (κ2) is 7.56. The number of benzene rings is 1. The Balaban J connectivity index is 2.61. The quantitative estimate of drug-likeness (QED) is 0.574. The second-order valence-corrected chi connectivity index (χ2v) is 6.08. The van der Waals surface area contributed by atoms with Crippen LogP contribution in [-0.2, 0) is 4.74 Å². The van der Waals surface area contributed by atoms with E-state index in [1.165, 1.54) is 0 Å². The van der Waals surface area contributed by atoms with E-state index in [1.54, 1.807) is 13.2 Å². The summed E-state index contributed by atoms with van der Waals surface area (Å²) in [6, 6.07) is 5.57. The molecule has 0 heterocycles. The molecular formula is C11H12BrClINO2. The smallest absolute Gasteiger partial charge is 0.252 e. The third-order valence-electron chi connectivity index (χ3n) is 2.00. The monoisotopic (exact) mass is 431 g/mol.